The van der Waals surface area contributed by atoms with Gasteiger partial charge in [0.15, 0.2) is 0 Å². The van der Waals surface area contributed by atoms with E-state index >= 15 is 0 Å². The van der Waals surface area contributed by atoms with E-state index in [1.807, 2.05) is 12.1 Å². The van der Waals surface area contributed by atoms with Crippen LogP contribution < -0.4 is 10.4 Å². The van der Waals surface area contributed by atoms with Gasteiger partial charge in [0.05, 0.1) is 24.7 Å². The molecule has 0 bridgehead atoms. The standard InChI is InChI=1S/C21H19NO4/c1-26-21(25)13-7-5-12(6-8-13)19-16-4-2-3-15(16)17-11-14(20(23)24)9-10-18(17)22-19/h2-3,5-11,15-16,19,22H,4H2,1H3,(H,23,24)/p-1/t15-,16+,19-/m0/s1. The van der Waals surface area contributed by atoms with E-state index in [4.69, 9.17) is 4.74 Å². The molecule has 0 saturated carbocycles. The number of benzene rings is 2. The van der Waals surface area contributed by atoms with Crippen molar-refractivity contribution in [2.24, 2.45) is 5.92 Å². The van der Waals surface area contributed by atoms with Crippen LogP contribution in [-0.2, 0) is 4.74 Å². The van der Waals surface area contributed by atoms with Gasteiger partial charge in [0.1, 0.15) is 0 Å². The van der Waals surface area contributed by atoms with E-state index in [1.54, 1.807) is 30.3 Å². The number of esters is 1. The number of ether oxygens (including phenoxy) is 1. The highest BCUT2D eigenvalue weighted by Crippen LogP contribution is 2.49. The summed E-state index contributed by atoms with van der Waals surface area (Å²) in [6.07, 6.45) is 5.21. The normalized spacial score (nSPS) is 22.9. The largest absolute Gasteiger partial charge is 0.545 e. The van der Waals surface area contributed by atoms with E-state index in [-0.39, 0.29) is 23.5 Å². The maximum atomic E-state index is 11.6. The first-order valence-electron chi connectivity index (χ1n) is 8.55. The zero-order valence-electron chi connectivity index (χ0n) is 14.3. The number of allylic oxidation sites excluding steroid dienone is 2. The van der Waals surface area contributed by atoms with Crippen molar-refractivity contribution < 1.29 is 19.4 Å². The fourth-order valence-electron chi connectivity index (χ4n) is 4.00. The number of carbonyl (C=O) groups excluding carboxylic acids is 2. The molecule has 1 N–H and O–H groups in total. The molecule has 4 rings (SSSR count). The number of carboxylic acids is 1. The lowest BCUT2D eigenvalue weighted by atomic mass is 9.76. The Morgan fingerprint density at radius 1 is 1.12 bits per heavy atom. The highest BCUT2D eigenvalue weighted by Gasteiger charge is 2.37. The molecule has 0 spiro atoms. The van der Waals surface area contributed by atoms with E-state index in [1.165, 1.54) is 7.11 Å². The predicted molar refractivity (Wildman–Crippen MR) is 94.9 cm³/mol. The molecule has 1 aliphatic carbocycles. The second-order valence-electron chi connectivity index (χ2n) is 6.68. The summed E-state index contributed by atoms with van der Waals surface area (Å²) in [6.45, 7) is 0. The molecular weight excluding hydrogens is 330 g/mol. The fourth-order valence-corrected chi connectivity index (χ4v) is 4.00. The molecule has 2 aliphatic rings. The van der Waals surface area contributed by atoms with Crippen LogP contribution in [0.5, 0.6) is 0 Å². The highest BCUT2D eigenvalue weighted by molar-refractivity contribution is 5.89. The summed E-state index contributed by atoms with van der Waals surface area (Å²) in [6, 6.07) is 12.6. The first kappa shape index (κ1) is 16.4. The lowest BCUT2D eigenvalue weighted by molar-refractivity contribution is -0.255. The monoisotopic (exact) mass is 348 g/mol. The molecule has 0 fully saturated rings. The van der Waals surface area contributed by atoms with Crippen LogP contribution in [0.2, 0.25) is 0 Å². The van der Waals surface area contributed by atoms with Crippen LogP contribution in [0, 0.1) is 5.92 Å². The van der Waals surface area contributed by atoms with Crippen LogP contribution in [0.3, 0.4) is 0 Å². The summed E-state index contributed by atoms with van der Waals surface area (Å²) < 4.78 is 4.75. The Hall–Kier alpha value is -3.08. The van der Waals surface area contributed by atoms with Gasteiger partial charge >= 0.3 is 5.97 Å². The lowest BCUT2D eigenvalue weighted by Crippen LogP contribution is -2.30. The van der Waals surface area contributed by atoms with E-state index in [0.717, 1.165) is 23.2 Å². The van der Waals surface area contributed by atoms with Crippen molar-refractivity contribution in [1.82, 2.24) is 0 Å². The first-order chi connectivity index (χ1) is 12.6. The van der Waals surface area contributed by atoms with Gasteiger partial charge in [-0.25, -0.2) is 4.79 Å². The quantitative estimate of drug-likeness (QED) is 0.681. The van der Waals surface area contributed by atoms with E-state index in [9.17, 15) is 14.7 Å². The molecular formula is C21H18NO4-. The van der Waals surface area contributed by atoms with Gasteiger partial charge in [-0.15, -0.1) is 0 Å². The van der Waals surface area contributed by atoms with Crippen molar-refractivity contribution in [2.45, 2.75) is 18.4 Å². The van der Waals surface area contributed by atoms with Crippen molar-refractivity contribution in [1.29, 1.82) is 0 Å². The van der Waals surface area contributed by atoms with Gasteiger partial charge in [-0.2, -0.15) is 0 Å². The zero-order chi connectivity index (χ0) is 18.3. The van der Waals surface area contributed by atoms with Gasteiger partial charge in [-0.3, -0.25) is 0 Å². The van der Waals surface area contributed by atoms with Gasteiger partial charge in [0.2, 0.25) is 0 Å². The molecule has 26 heavy (non-hydrogen) atoms. The molecule has 1 aliphatic heterocycles. The minimum absolute atomic E-state index is 0.0861. The van der Waals surface area contributed by atoms with Crippen LogP contribution in [-0.4, -0.2) is 19.0 Å². The van der Waals surface area contributed by atoms with Crippen molar-refractivity contribution in [2.75, 3.05) is 12.4 Å². The Labute approximate surface area is 151 Å². The molecule has 0 aromatic heterocycles. The van der Waals surface area contributed by atoms with Gasteiger partial charge < -0.3 is 20.0 Å². The van der Waals surface area contributed by atoms with Crippen molar-refractivity contribution >= 4 is 17.6 Å². The number of aromatic carboxylic acids is 1. The second kappa shape index (κ2) is 6.33. The average Bonchev–Trinajstić information content (AvgIpc) is 3.16. The van der Waals surface area contributed by atoms with E-state index in [2.05, 4.69) is 17.5 Å². The van der Waals surface area contributed by atoms with Crippen molar-refractivity contribution in [3.8, 4) is 0 Å². The Kier molecular flexibility index (Phi) is 3.99. The Balaban J connectivity index is 1.69. The number of anilines is 1. The van der Waals surface area contributed by atoms with Crippen LogP contribution >= 0.6 is 0 Å². The Bertz CT molecular complexity index is 901. The third-order valence-electron chi connectivity index (χ3n) is 5.29. The minimum atomic E-state index is -1.16. The molecule has 5 heteroatoms. The van der Waals surface area contributed by atoms with Crippen LogP contribution in [0.1, 0.15) is 50.2 Å². The van der Waals surface area contributed by atoms with Crippen LogP contribution in [0.15, 0.2) is 54.6 Å². The number of hydrogen-bond acceptors (Lipinski definition) is 5. The third kappa shape index (κ3) is 2.65. The summed E-state index contributed by atoms with van der Waals surface area (Å²) in [5.41, 5.74) is 3.74. The topological polar surface area (TPSA) is 78.5 Å². The van der Waals surface area contributed by atoms with E-state index in [0.29, 0.717) is 11.5 Å². The number of methoxy groups -OCH3 is 1. The number of carboxylic acid groups (broad SMARTS) is 1. The van der Waals surface area contributed by atoms with Gasteiger partial charge in [-0.05, 0) is 53.3 Å². The molecule has 0 unspecified atom stereocenters. The molecule has 5 nitrogen and oxygen atoms in total. The number of nitrogens with one attached hydrogen (secondary N) is 1. The number of fused-ring (bicyclic) bond motifs is 3. The summed E-state index contributed by atoms with van der Waals surface area (Å²) in [7, 11) is 1.37. The minimum Gasteiger partial charge on any atom is -0.545 e. The van der Waals surface area contributed by atoms with Crippen molar-refractivity contribution in [3.05, 3.63) is 76.9 Å². The highest BCUT2D eigenvalue weighted by atomic mass is 16.5. The fraction of sp³-hybridized carbons (Fsp3) is 0.238. The molecule has 0 radical (unpaired) electrons. The number of rotatable bonds is 3. The average molecular weight is 348 g/mol. The Morgan fingerprint density at radius 2 is 1.85 bits per heavy atom. The van der Waals surface area contributed by atoms with Crippen molar-refractivity contribution in [3.63, 3.8) is 0 Å². The molecule has 2 aromatic carbocycles. The Morgan fingerprint density at radius 3 is 2.54 bits per heavy atom. The van der Waals surface area contributed by atoms with Gasteiger partial charge in [0.25, 0.3) is 0 Å². The lowest BCUT2D eigenvalue weighted by Gasteiger charge is -2.38. The third-order valence-corrected chi connectivity index (χ3v) is 5.29. The molecule has 0 amide bonds. The maximum Gasteiger partial charge on any atom is 0.337 e. The first-order valence-corrected chi connectivity index (χ1v) is 8.55. The maximum absolute atomic E-state index is 11.6. The predicted octanol–water partition coefficient (Wildman–Crippen LogP) is 2.66. The number of hydrogen-bond donors (Lipinski definition) is 1. The van der Waals surface area contributed by atoms with Crippen LogP contribution in [0.4, 0.5) is 5.69 Å². The molecule has 3 atom stereocenters. The molecule has 0 saturated heterocycles. The molecule has 132 valence electrons. The summed E-state index contributed by atoms with van der Waals surface area (Å²) in [5, 5.41) is 14.7. The zero-order valence-corrected chi connectivity index (χ0v) is 14.3. The van der Waals surface area contributed by atoms with E-state index < -0.39 is 5.97 Å². The van der Waals surface area contributed by atoms with Gasteiger partial charge in [-0.1, -0.05) is 30.4 Å². The second-order valence-corrected chi connectivity index (χ2v) is 6.68. The molecule has 2 aromatic rings. The molecule has 1 heterocycles. The summed E-state index contributed by atoms with van der Waals surface area (Å²) in [4.78, 5) is 22.8. The number of carbonyl (C=O) groups is 2. The SMILES string of the molecule is COC(=O)c1ccc([C@@H]2Nc3ccc(C(=O)[O-])cc3[C@H]3C=CC[C@H]32)cc1. The summed E-state index contributed by atoms with van der Waals surface area (Å²) in [5.74, 6) is -1.06. The van der Waals surface area contributed by atoms with Gasteiger partial charge in [0, 0.05) is 11.6 Å². The smallest absolute Gasteiger partial charge is 0.337 e. The summed E-state index contributed by atoms with van der Waals surface area (Å²) >= 11 is 0. The van der Waals surface area contributed by atoms with Crippen LogP contribution in [0.25, 0.3) is 0 Å².